The zero-order valence-corrected chi connectivity index (χ0v) is 16.5. The molecule has 2 aromatic carbocycles. The number of benzene rings is 2. The third-order valence-corrected chi connectivity index (χ3v) is 5.71. The van der Waals surface area contributed by atoms with E-state index in [0.717, 1.165) is 26.4 Å². The maximum atomic E-state index is 12.6. The lowest BCUT2D eigenvalue weighted by Crippen LogP contribution is -2.35. The predicted molar refractivity (Wildman–Crippen MR) is 107 cm³/mol. The van der Waals surface area contributed by atoms with Gasteiger partial charge < -0.3 is 10.0 Å². The van der Waals surface area contributed by atoms with E-state index in [1.165, 1.54) is 36.4 Å². The van der Waals surface area contributed by atoms with Gasteiger partial charge in [0.1, 0.15) is 6.29 Å². The number of aliphatic hydroxyl groups is 1. The van der Waals surface area contributed by atoms with Crippen LogP contribution in [0.3, 0.4) is 0 Å². The predicted octanol–water partition coefficient (Wildman–Crippen LogP) is 2.53. The van der Waals surface area contributed by atoms with Crippen molar-refractivity contribution in [1.29, 1.82) is 0 Å². The molecule has 0 unspecified atom stereocenters. The Kier molecular flexibility index (Phi) is 7.71. The Morgan fingerprint density at radius 1 is 1.04 bits per heavy atom. The van der Waals surface area contributed by atoms with Crippen molar-refractivity contribution in [3.63, 3.8) is 0 Å². The number of sulfonamides is 1. The van der Waals surface area contributed by atoms with Crippen molar-refractivity contribution in [3.8, 4) is 0 Å². The van der Waals surface area contributed by atoms with Gasteiger partial charge in [0.25, 0.3) is 15.9 Å². The minimum atomic E-state index is -3.83. The van der Waals surface area contributed by atoms with Crippen molar-refractivity contribution in [2.45, 2.75) is 24.2 Å². The van der Waals surface area contributed by atoms with E-state index >= 15 is 0 Å². The highest BCUT2D eigenvalue weighted by atomic mass is 32.2. The highest BCUT2D eigenvalue weighted by Gasteiger charge is 2.21. The van der Waals surface area contributed by atoms with Crippen LogP contribution >= 0.6 is 0 Å². The smallest absolute Gasteiger partial charge is 0.261 e. The van der Waals surface area contributed by atoms with E-state index in [2.05, 4.69) is 4.72 Å². The molecule has 1 amide bonds. The lowest BCUT2D eigenvalue weighted by Gasteiger charge is -2.26. The van der Waals surface area contributed by atoms with Gasteiger partial charge in [-0.25, -0.2) is 8.42 Å². The van der Waals surface area contributed by atoms with Gasteiger partial charge in [-0.05, 0) is 61.7 Å². The average molecular weight is 404 g/mol. The molecule has 1 aliphatic heterocycles. The molecule has 1 heterocycles. The molecular formula is C20H24N2O5S. The molecule has 7 nitrogen and oxygen atoms in total. The van der Waals surface area contributed by atoms with Gasteiger partial charge in [-0.15, -0.1) is 0 Å². The fraction of sp³-hybridized carbons (Fsp3) is 0.300. The standard InChI is InChI=1S/C19H20N2O4S.CH4O/c22-14-15-7-9-17(10-8-15)20-26(24,25)18-6-4-5-16(13-18)19(23)21-11-2-1-3-12-21;1-2/h4-10,13-14,20H,1-3,11-12H2;2H,1H3. The summed E-state index contributed by atoms with van der Waals surface area (Å²) in [6, 6.07) is 12.2. The largest absolute Gasteiger partial charge is 0.400 e. The Morgan fingerprint density at radius 2 is 1.68 bits per heavy atom. The summed E-state index contributed by atoms with van der Waals surface area (Å²) in [6.07, 6.45) is 3.75. The van der Waals surface area contributed by atoms with Crippen molar-refractivity contribution < 1.29 is 23.1 Å². The molecule has 8 heteroatoms. The molecular weight excluding hydrogens is 380 g/mol. The van der Waals surface area contributed by atoms with Crippen LogP contribution in [0.25, 0.3) is 0 Å². The maximum Gasteiger partial charge on any atom is 0.261 e. The Bertz CT molecular complexity index is 904. The maximum absolute atomic E-state index is 12.6. The summed E-state index contributed by atoms with van der Waals surface area (Å²) < 4.78 is 27.7. The van der Waals surface area contributed by atoms with Gasteiger partial charge >= 0.3 is 0 Å². The van der Waals surface area contributed by atoms with Gasteiger partial charge in [0, 0.05) is 37.0 Å². The summed E-state index contributed by atoms with van der Waals surface area (Å²) in [6.45, 7) is 1.41. The van der Waals surface area contributed by atoms with Crippen LogP contribution in [-0.4, -0.2) is 50.8 Å². The highest BCUT2D eigenvalue weighted by molar-refractivity contribution is 7.92. The molecule has 28 heavy (non-hydrogen) atoms. The van der Waals surface area contributed by atoms with Crippen molar-refractivity contribution >= 4 is 27.9 Å². The molecule has 0 saturated carbocycles. The number of amides is 1. The third-order valence-electron chi connectivity index (χ3n) is 4.33. The molecule has 1 saturated heterocycles. The van der Waals surface area contributed by atoms with E-state index < -0.39 is 10.0 Å². The number of rotatable bonds is 5. The average Bonchev–Trinajstić information content (AvgIpc) is 2.75. The van der Waals surface area contributed by atoms with Crippen LogP contribution < -0.4 is 4.72 Å². The number of hydrogen-bond donors (Lipinski definition) is 2. The zero-order valence-electron chi connectivity index (χ0n) is 15.7. The lowest BCUT2D eigenvalue weighted by molar-refractivity contribution is 0.0724. The number of nitrogens with one attached hydrogen (secondary N) is 1. The third kappa shape index (κ3) is 5.40. The van der Waals surface area contributed by atoms with Crippen LogP contribution in [0.5, 0.6) is 0 Å². The number of carbonyl (C=O) groups excluding carboxylic acids is 2. The van der Waals surface area contributed by atoms with E-state index in [1.807, 2.05) is 0 Å². The number of aliphatic hydroxyl groups excluding tert-OH is 1. The molecule has 0 atom stereocenters. The topological polar surface area (TPSA) is 104 Å². The first-order chi connectivity index (χ1) is 13.5. The van der Waals surface area contributed by atoms with Crippen molar-refractivity contribution in [1.82, 2.24) is 4.90 Å². The van der Waals surface area contributed by atoms with Gasteiger partial charge in [0.15, 0.2) is 0 Å². The zero-order chi connectivity index (χ0) is 20.6. The van der Waals surface area contributed by atoms with E-state index in [-0.39, 0.29) is 10.8 Å². The molecule has 1 aliphatic rings. The van der Waals surface area contributed by atoms with Gasteiger partial charge in [-0.2, -0.15) is 0 Å². The fourth-order valence-corrected chi connectivity index (χ4v) is 4.02. The van der Waals surface area contributed by atoms with E-state index in [9.17, 15) is 18.0 Å². The normalized spacial score (nSPS) is 13.9. The molecule has 0 spiro atoms. The van der Waals surface area contributed by atoms with E-state index in [0.29, 0.717) is 36.2 Å². The van der Waals surface area contributed by atoms with Crippen molar-refractivity contribution in [2.75, 3.05) is 24.9 Å². The van der Waals surface area contributed by atoms with Gasteiger partial charge in [0.2, 0.25) is 0 Å². The van der Waals surface area contributed by atoms with Crippen molar-refractivity contribution in [3.05, 3.63) is 59.7 Å². The Morgan fingerprint density at radius 3 is 2.29 bits per heavy atom. The number of carbonyl (C=O) groups is 2. The Balaban J connectivity index is 0.00000136. The number of likely N-dealkylation sites (tertiary alicyclic amines) is 1. The molecule has 0 aromatic heterocycles. The second-order valence-corrected chi connectivity index (χ2v) is 7.91. The minimum absolute atomic E-state index is 0.0276. The Labute approximate surface area is 165 Å². The van der Waals surface area contributed by atoms with Crippen molar-refractivity contribution in [2.24, 2.45) is 0 Å². The second kappa shape index (κ2) is 10.0. The molecule has 150 valence electrons. The second-order valence-electron chi connectivity index (χ2n) is 6.23. The summed E-state index contributed by atoms with van der Waals surface area (Å²) >= 11 is 0. The van der Waals surface area contributed by atoms with E-state index in [1.54, 1.807) is 17.0 Å². The number of aldehydes is 1. The Hall–Kier alpha value is -2.71. The van der Waals surface area contributed by atoms with Crippen LogP contribution in [0, 0.1) is 0 Å². The summed E-state index contributed by atoms with van der Waals surface area (Å²) in [4.78, 5) is 25.1. The SMILES string of the molecule is CO.O=Cc1ccc(NS(=O)(=O)c2cccc(C(=O)N3CCCCC3)c2)cc1. The first-order valence-corrected chi connectivity index (χ1v) is 10.4. The van der Waals surface area contributed by atoms with Gasteiger partial charge in [-0.1, -0.05) is 6.07 Å². The summed E-state index contributed by atoms with van der Waals surface area (Å²) in [5.41, 5.74) is 1.18. The number of nitrogens with zero attached hydrogens (tertiary/aromatic N) is 1. The molecule has 2 aromatic rings. The fourth-order valence-electron chi connectivity index (χ4n) is 2.92. The molecule has 0 bridgehead atoms. The molecule has 3 rings (SSSR count). The molecule has 0 radical (unpaired) electrons. The van der Waals surface area contributed by atoms with Gasteiger partial charge in [0.05, 0.1) is 4.90 Å². The lowest BCUT2D eigenvalue weighted by atomic mass is 10.1. The summed E-state index contributed by atoms with van der Waals surface area (Å²) in [7, 11) is -2.83. The first-order valence-electron chi connectivity index (χ1n) is 8.92. The van der Waals surface area contributed by atoms with Crippen LogP contribution in [0.4, 0.5) is 5.69 Å². The highest BCUT2D eigenvalue weighted by Crippen LogP contribution is 2.19. The minimum Gasteiger partial charge on any atom is -0.400 e. The molecule has 0 aliphatic carbocycles. The molecule has 1 fully saturated rings. The van der Waals surface area contributed by atoms with Crippen LogP contribution in [-0.2, 0) is 10.0 Å². The van der Waals surface area contributed by atoms with Gasteiger partial charge in [-0.3, -0.25) is 14.3 Å². The number of anilines is 1. The van der Waals surface area contributed by atoms with Crippen LogP contribution in [0.15, 0.2) is 53.4 Å². The van der Waals surface area contributed by atoms with Crippen LogP contribution in [0.2, 0.25) is 0 Å². The van der Waals surface area contributed by atoms with E-state index in [4.69, 9.17) is 5.11 Å². The quantitative estimate of drug-likeness (QED) is 0.746. The summed E-state index contributed by atoms with van der Waals surface area (Å²) in [5.74, 6) is -0.142. The molecule has 2 N–H and O–H groups in total. The number of hydrogen-bond acceptors (Lipinski definition) is 5. The number of piperidine rings is 1. The summed E-state index contributed by atoms with van der Waals surface area (Å²) in [5, 5.41) is 7.00. The first kappa shape index (κ1) is 21.6. The monoisotopic (exact) mass is 404 g/mol. The van der Waals surface area contributed by atoms with Crippen LogP contribution in [0.1, 0.15) is 40.0 Å².